The lowest BCUT2D eigenvalue weighted by Crippen LogP contribution is -1.92. The minimum Gasteiger partial charge on any atom is -0.478 e. The molecule has 0 heterocycles. The highest BCUT2D eigenvalue weighted by molar-refractivity contribution is 5.85. The van der Waals surface area contributed by atoms with Gasteiger partial charge in [0.25, 0.3) is 0 Å². The van der Waals surface area contributed by atoms with Crippen LogP contribution in [-0.2, 0) is 14.5 Å². The molecule has 0 fully saturated rings. The topological polar surface area (TPSA) is 124 Å². The minimum absolute atomic E-state index is 0.170. The molecule has 0 spiro atoms. The van der Waals surface area contributed by atoms with E-state index in [2.05, 4.69) is 18.0 Å². The fourth-order valence-electron chi connectivity index (χ4n) is 0.278. The van der Waals surface area contributed by atoms with Crippen molar-refractivity contribution in [2.24, 2.45) is 0 Å². The number of unbranched alkanes of at least 4 members (excludes halogenated alkanes) is 1. The Balaban J connectivity index is -0.000000203. The van der Waals surface area contributed by atoms with Crippen molar-refractivity contribution in [2.45, 2.75) is 26.7 Å². The van der Waals surface area contributed by atoms with E-state index in [9.17, 15) is 9.59 Å². The van der Waals surface area contributed by atoms with Crippen LogP contribution in [0.25, 0.3) is 0 Å². The summed E-state index contributed by atoms with van der Waals surface area (Å²) in [5.74, 6) is -1.87. The second kappa shape index (κ2) is 16.3. The van der Waals surface area contributed by atoms with Crippen LogP contribution in [0.4, 0.5) is 0 Å². The zero-order chi connectivity index (χ0) is 15.8. The summed E-state index contributed by atoms with van der Waals surface area (Å²) >= 11 is 0. The van der Waals surface area contributed by atoms with Crippen LogP contribution >= 0.6 is 0 Å². The molecule has 7 nitrogen and oxygen atoms in total. The van der Waals surface area contributed by atoms with Crippen LogP contribution in [0.5, 0.6) is 0 Å². The molecule has 0 atom stereocenters. The van der Waals surface area contributed by atoms with Gasteiger partial charge < -0.3 is 15.3 Å². The highest BCUT2D eigenvalue weighted by atomic mass is 17.1. The van der Waals surface area contributed by atoms with Crippen LogP contribution in [-0.4, -0.2) is 45.7 Å². The summed E-state index contributed by atoms with van der Waals surface area (Å²) in [6.07, 6.45) is 1.41. The second-order valence-corrected chi connectivity index (χ2v) is 3.43. The van der Waals surface area contributed by atoms with Gasteiger partial charge in [-0.15, -0.1) is 0 Å². The highest BCUT2D eigenvalue weighted by Crippen LogP contribution is 1.84. The van der Waals surface area contributed by atoms with Gasteiger partial charge in [0.1, 0.15) is 0 Å². The number of rotatable bonds is 6. The average Bonchev–Trinajstić information content (AvgIpc) is 2.31. The van der Waals surface area contributed by atoms with Gasteiger partial charge in [0, 0.05) is 17.8 Å². The molecule has 0 aromatic carbocycles. The van der Waals surface area contributed by atoms with E-state index in [0.29, 0.717) is 19.4 Å². The Morgan fingerprint density at radius 3 is 1.47 bits per heavy atom. The first-order chi connectivity index (χ1) is 8.70. The van der Waals surface area contributed by atoms with Gasteiger partial charge in [0.15, 0.2) is 0 Å². The fourth-order valence-corrected chi connectivity index (χ4v) is 0.278. The lowest BCUT2D eigenvalue weighted by atomic mass is 10.3. The van der Waals surface area contributed by atoms with Crippen LogP contribution in [0.15, 0.2) is 24.3 Å². The van der Waals surface area contributed by atoms with Crippen molar-refractivity contribution in [3.05, 3.63) is 24.3 Å². The Bertz CT molecular complexity index is 232. The molecule has 0 aromatic rings. The van der Waals surface area contributed by atoms with Gasteiger partial charge in [0.2, 0.25) is 0 Å². The maximum absolute atomic E-state index is 9.60. The summed E-state index contributed by atoms with van der Waals surface area (Å²) in [5.41, 5.74) is 0.352. The van der Waals surface area contributed by atoms with Gasteiger partial charge in [-0.05, 0) is 26.7 Å². The first-order valence-corrected chi connectivity index (χ1v) is 5.35. The first kappa shape index (κ1) is 22.5. The monoisotopic (exact) mass is 278 g/mol. The third kappa shape index (κ3) is 31.4. The van der Waals surface area contributed by atoms with Crippen LogP contribution in [0.1, 0.15) is 26.7 Å². The molecule has 112 valence electrons. The van der Waals surface area contributed by atoms with Crippen molar-refractivity contribution in [3.63, 3.8) is 0 Å². The van der Waals surface area contributed by atoms with E-state index in [1.165, 1.54) is 13.8 Å². The highest BCUT2D eigenvalue weighted by Gasteiger charge is 1.90. The van der Waals surface area contributed by atoms with E-state index < -0.39 is 11.9 Å². The van der Waals surface area contributed by atoms with Gasteiger partial charge >= 0.3 is 11.9 Å². The molecule has 0 unspecified atom stereocenters. The van der Waals surface area contributed by atoms with E-state index in [4.69, 9.17) is 20.6 Å². The molecule has 0 aromatic heterocycles. The van der Waals surface area contributed by atoms with Crippen LogP contribution in [0, 0.1) is 0 Å². The first-order valence-electron chi connectivity index (χ1n) is 5.35. The fraction of sp³-hybridized carbons (Fsp3) is 0.500. The Labute approximate surface area is 112 Å². The molecule has 7 heteroatoms. The van der Waals surface area contributed by atoms with Gasteiger partial charge in [-0.2, -0.15) is 0 Å². The Kier molecular flexibility index (Phi) is 19.3. The number of hydrogen-bond donors (Lipinski definition) is 4. The van der Waals surface area contributed by atoms with Crippen LogP contribution < -0.4 is 0 Å². The van der Waals surface area contributed by atoms with Gasteiger partial charge in [-0.3, -0.25) is 5.26 Å². The number of carbonyl (C=O) groups is 2. The third-order valence-corrected chi connectivity index (χ3v) is 1.37. The van der Waals surface area contributed by atoms with Gasteiger partial charge in [0.05, 0.1) is 6.61 Å². The molecular weight excluding hydrogens is 256 g/mol. The van der Waals surface area contributed by atoms with Crippen molar-refractivity contribution in [1.82, 2.24) is 0 Å². The summed E-state index contributed by atoms with van der Waals surface area (Å²) in [7, 11) is 0. The van der Waals surface area contributed by atoms with E-state index >= 15 is 0 Å². The molecule has 0 radical (unpaired) electrons. The van der Waals surface area contributed by atoms with Crippen molar-refractivity contribution < 1.29 is 35.1 Å². The number of hydrogen-bond acceptors (Lipinski definition) is 5. The maximum Gasteiger partial charge on any atom is 0.330 e. The van der Waals surface area contributed by atoms with Crippen molar-refractivity contribution in [2.75, 3.05) is 13.2 Å². The third-order valence-electron chi connectivity index (χ3n) is 1.37. The predicted octanol–water partition coefficient (Wildman–Crippen LogP) is 1.54. The number of carboxylic acid groups (broad SMARTS) is 2. The SMILES string of the molecule is C=C(C)C(=O)O.C=C(C)C(=O)O.OCCCCOO. The summed E-state index contributed by atoms with van der Waals surface area (Å²) < 4.78 is 0. The zero-order valence-electron chi connectivity index (χ0n) is 11.3. The predicted molar refractivity (Wildman–Crippen MR) is 69.8 cm³/mol. The smallest absolute Gasteiger partial charge is 0.330 e. The normalized spacial score (nSPS) is 8.21. The lowest BCUT2D eigenvalue weighted by Gasteiger charge is -1.90. The molecule has 0 aliphatic heterocycles. The number of aliphatic hydroxyl groups is 1. The molecule has 0 saturated carbocycles. The summed E-state index contributed by atoms with van der Waals surface area (Å²) in [6, 6.07) is 0. The molecule has 4 N–H and O–H groups in total. The molecule has 0 aliphatic carbocycles. The van der Waals surface area contributed by atoms with E-state index in [0.717, 1.165) is 0 Å². The molecule has 0 aliphatic rings. The van der Waals surface area contributed by atoms with Crippen molar-refractivity contribution >= 4 is 11.9 Å². The Morgan fingerprint density at radius 2 is 1.32 bits per heavy atom. The van der Waals surface area contributed by atoms with E-state index in [1.807, 2.05) is 0 Å². The standard InChI is InChI=1S/C4H10O3.2C4H6O2/c5-3-1-2-4-7-6;2*1-3(2)4(5)6/h5-6H,1-4H2;2*1H2,2H3,(H,5,6). The molecule has 0 amide bonds. The lowest BCUT2D eigenvalue weighted by molar-refractivity contribution is -0.242. The van der Waals surface area contributed by atoms with E-state index in [-0.39, 0.29) is 17.8 Å². The van der Waals surface area contributed by atoms with Crippen molar-refractivity contribution in [1.29, 1.82) is 0 Å². The van der Waals surface area contributed by atoms with Crippen LogP contribution in [0.3, 0.4) is 0 Å². The largest absolute Gasteiger partial charge is 0.478 e. The average molecular weight is 278 g/mol. The summed E-state index contributed by atoms with van der Waals surface area (Å²) in [4.78, 5) is 22.9. The van der Waals surface area contributed by atoms with Crippen LogP contribution in [0.2, 0.25) is 0 Å². The van der Waals surface area contributed by atoms with E-state index in [1.54, 1.807) is 0 Å². The zero-order valence-corrected chi connectivity index (χ0v) is 11.3. The van der Waals surface area contributed by atoms with Crippen molar-refractivity contribution in [3.8, 4) is 0 Å². The molecule has 0 saturated heterocycles. The maximum atomic E-state index is 9.60. The number of aliphatic hydroxyl groups excluding tert-OH is 1. The second-order valence-electron chi connectivity index (χ2n) is 3.43. The summed E-state index contributed by atoms with van der Waals surface area (Å²) in [6.45, 7) is 9.69. The Morgan fingerprint density at radius 1 is 1.00 bits per heavy atom. The van der Waals surface area contributed by atoms with Gasteiger partial charge in [-0.1, -0.05) is 13.2 Å². The molecule has 0 rings (SSSR count). The number of carboxylic acids is 2. The molecule has 19 heavy (non-hydrogen) atoms. The molecule has 0 bridgehead atoms. The minimum atomic E-state index is -0.935. The number of aliphatic carboxylic acids is 2. The summed E-state index contributed by atoms with van der Waals surface area (Å²) in [5, 5.41) is 31.6. The Hall–Kier alpha value is -1.70. The quantitative estimate of drug-likeness (QED) is 0.251. The van der Waals surface area contributed by atoms with Gasteiger partial charge in [-0.25, -0.2) is 14.5 Å². The molecular formula is C12H22O7.